The van der Waals surface area contributed by atoms with Gasteiger partial charge in [0.05, 0.1) is 6.10 Å². The summed E-state index contributed by atoms with van der Waals surface area (Å²) in [7, 11) is 0. The van der Waals surface area contributed by atoms with Crippen molar-refractivity contribution in [2.75, 3.05) is 6.54 Å². The van der Waals surface area contributed by atoms with E-state index in [2.05, 4.69) is 12.2 Å². The largest absolute Gasteiger partial charge is 0.387 e. The minimum atomic E-state index is -0.311. The van der Waals surface area contributed by atoms with Gasteiger partial charge in [-0.25, -0.2) is 0 Å². The van der Waals surface area contributed by atoms with E-state index in [0.717, 1.165) is 18.5 Å². The minimum absolute atomic E-state index is 0.272. The van der Waals surface area contributed by atoms with Crippen LogP contribution in [0.5, 0.6) is 0 Å². The zero-order chi connectivity index (χ0) is 9.26. The number of thiophene rings is 1. The Kier molecular flexibility index (Phi) is 2.67. The van der Waals surface area contributed by atoms with E-state index in [-0.39, 0.29) is 12.1 Å². The van der Waals surface area contributed by atoms with Crippen molar-refractivity contribution in [2.24, 2.45) is 0 Å². The quantitative estimate of drug-likeness (QED) is 0.758. The van der Waals surface area contributed by atoms with Crippen LogP contribution in [0.15, 0.2) is 11.4 Å². The zero-order valence-corrected chi connectivity index (χ0v) is 8.60. The molecule has 2 atom stereocenters. The van der Waals surface area contributed by atoms with Gasteiger partial charge in [0.1, 0.15) is 0 Å². The number of hydrogen-bond donors (Lipinski definition) is 2. The maximum Gasteiger partial charge on any atom is 0.0953 e. The molecule has 2 heterocycles. The highest BCUT2D eigenvalue weighted by Crippen LogP contribution is 2.28. The van der Waals surface area contributed by atoms with Gasteiger partial charge >= 0.3 is 0 Å². The van der Waals surface area contributed by atoms with Crippen LogP contribution < -0.4 is 5.32 Å². The first kappa shape index (κ1) is 9.19. The number of aliphatic hydroxyl groups is 1. The molecule has 1 aliphatic rings. The second-order valence-electron chi connectivity index (χ2n) is 3.58. The van der Waals surface area contributed by atoms with Crippen LogP contribution in [0.4, 0.5) is 0 Å². The van der Waals surface area contributed by atoms with E-state index >= 15 is 0 Å². The Balaban J connectivity index is 2.12. The molecule has 0 radical (unpaired) electrons. The van der Waals surface area contributed by atoms with E-state index in [1.165, 1.54) is 11.3 Å². The Morgan fingerprint density at radius 3 is 3.08 bits per heavy atom. The van der Waals surface area contributed by atoms with Gasteiger partial charge < -0.3 is 10.4 Å². The third-order valence-corrected chi connectivity index (χ3v) is 3.56. The number of aliphatic hydroxyl groups excluding tert-OH is 1. The molecular formula is C10H15NOS. The van der Waals surface area contributed by atoms with E-state index in [1.54, 1.807) is 11.3 Å². The van der Waals surface area contributed by atoms with E-state index in [9.17, 15) is 5.11 Å². The summed E-state index contributed by atoms with van der Waals surface area (Å²) in [6.45, 7) is 3.11. The Labute approximate surface area is 82.6 Å². The predicted molar refractivity (Wildman–Crippen MR) is 55.0 cm³/mol. The first-order valence-corrected chi connectivity index (χ1v) is 5.62. The summed E-state index contributed by atoms with van der Waals surface area (Å²) >= 11 is 1.70. The Bertz CT molecular complexity index is 278. The third kappa shape index (κ3) is 1.77. The van der Waals surface area contributed by atoms with Gasteiger partial charge in [0.2, 0.25) is 0 Å². The van der Waals surface area contributed by atoms with Crippen LogP contribution in [0.2, 0.25) is 0 Å². The lowest BCUT2D eigenvalue weighted by Crippen LogP contribution is -2.28. The van der Waals surface area contributed by atoms with Gasteiger partial charge in [0, 0.05) is 10.9 Å². The average molecular weight is 197 g/mol. The highest BCUT2D eigenvalue weighted by Gasteiger charge is 2.25. The van der Waals surface area contributed by atoms with Gasteiger partial charge in [0.25, 0.3) is 0 Å². The van der Waals surface area contributed by atoms with Crippen molar-refractivity contribution in [1.82, 2.24) is 5.32 Å². The van der Waals surface area contributed by atoms with Crippen molar-refractivity contribution < 1.29 is 5.11 Å². The van der Waals surface area contributed by atoms with Gasteiger partial charge in [-0.1, -0.05) is 0 Å². The fraction of sp³-hybridized carbons (Fsp3) is 0.600. The molecule has 3 heteroatoms. The molecule has 1 aromatic heterocycles. The minimum Gasteiger partial charge on any atom is -0.387 e. The van der Waals surface area contributed by atoms with Crippen molar-refractivity contribution in [3.63, 3.8) is 0 Å². The fourth-order valence-corrected chi connectivity index (χ4v) is 2.64. The molecule has 13 heavy (non-hydrogen) atoms. The second kappa shape index (κ2) is 3.78. The molecule has 2 N–H and O–H groups in total. The molecule has 2 nitrogen and oxygen atoms in total. The SMILES string of the molecule is Cc1sccc1C(O)C1CCCN1. The molecule has 0 saturated carbocycles. The molecule has 72 valence electrons. The predicted octanol–water partition coefficient (Wildman–Crippen LogP) is 1.84. The summed E-state index contributed by atoms with van der Waals surface area (Å²) in [6.07, 6.45) is 1.97. The van der Waals surface area contributed by atoms with Crippen molar-refractivity contribution in [2.45, 2.75) is 31.9 Å². The highest BCUT2D eigenvalue weighted by atomic mass is 32.1. The standard InChI is InChI=1S/C10H15NOS/c1-7-8(4-6-13-7)10(12)9-3-2-5-11-9/h4,6,9-12H,2-3,5H2,1H3. The molecule has 1 aliphatic heterocycles. The van der Waals surface area contributed by atoms with E-state index < -0.39 is 0 Å². The lowest BCUT2D eigenvalue weighted by molar-refractivity contribution is 0.137. The maximum atomic E-state index is 10.0. The van der Waals surface area contributed by atoms with Gasteiger partial charge in [-0.3, -0.25) is 0 Å². The average Bonchev–Trinajstić information content (AvgIpc) is 2.72. The second-order valence-corrected chi connectivity index (χ2v) is 4.70. The Morgan fingerprint density at radius 1 is 1.69 bits per heavy atom. The van der Waals surface area contributed by atoms with Crippen LogP contribution in [0.3, 0.4) is 0 Å². The van der Waals surface area contributed by atoms with Crippen LogP contribution in [-0.2, 0) is 0 Å². The monoisotopic (exact) mass is 197 g/mol. The van der Waals surface area contributed by atoms with Gasteiger partial charge in [-0.2, -0.15) is 0 Å². The van der Waals surface area contributed by atoms with Crippen molar-refractivity contribution >= 4 is 11.3 Å². The van der Waals surface area contributed by atoms with Crippen molar-refractivity contribution in [1.29, 1.82) is 0 Å². The topological polar surface area (TPSA) is 32.3 Å². The lowest BCUT2D eigenvalue weighted by Gasteiger charge is -2.18. The molecule has 0 amide bonds. The number of rotatable bonds is 2. The lowest BCUT2D eigenvalue weighted by atomic mass is 10.0. The first-order chi connectivity index (χ1) is 6.29. The molecule has 0 aromatic carbocycles. The van der Waals surface area contributed by atoms with E-state index in [0.29, 0.717) is 0 Å². The molecule has 1 saturated heterocycles. The van der Waals surface area contributed by atoms with Gasteiger partial charge in [0.15, 0.2) is 0 Å². The summed E-state index contributed by atoms with van der Waals surface area (Å²) in [4.78, 5) is 1.24. The Morgan fingerprint density at radius 2 is 2.54 bits per heavy atom. The van der Waals surface area contributed by atoms with Crippen LogP contribution in [-0.4, -0.2) is 17.7 Å². The van der Waals surface area contributed by atoms with Gasteiger partial charge in [-0.15, -0.1) is 11.3 Å². The molecule has 0 spiro atoms. The molecule has 2 rings (SSSR count). The van der Waals surface area contributed by atoms with Crippen LogP contribution in [0.25, 0.3) is 0 Å². The van der Waals surface area contributed by atoms with Crippen molar-refractivity contribution in [3.8, 4) is 0 Å². The molecule has 2 unspecified atom stereocenters. The fourth-order valence-electron chi connectivity index (χ4n) is 1.90. The number of aryl methyl sites for hydroxylation is 1. The van der Waals surface area contributed by atoms with Crippen molar-refractivity contribution in [3.05, 3.63) is 21.9 Å². The van der Waals surface area contributed by atoms with Crippen LogP contribution in [0.1, 0.15) is 29.4 Å². The summed E-state index contributed by atoms with van der Waals surface area (Å²) in [5.74, 6) is 0. The normalized spacial score (nSPS) is 24.9. The summed E-state index contributed by atoms with van der Waals surface area (Å²) in [5, 5.41) is 15.4. The Hall–Kier alpha value is -0.380. The molecule has 0 bridgehead atoms. The van der Waals surface area contributed by atoms with E-state index in [1.807, 2.05) is 11.4 Å². The zero-order valence-electron chi connectivity index (χ0n) is 7.79. The smallest absolute Gasteiger partial charge is 0.0953 e. The van der Waals surface area contributed by atoms with Crippen LogP contribution >= 0.6 is 11.3 Å². The van der Waals surface area contributed by atoms with E-state index in [4.69, 9.17) is 0 Å². The molecule has 1 fully saturated rings. The van der Waals surface area contributed by atoms with Crippen LogP contribution in [0, 0.1) is 6.92 Å². The highest BCUT2D eigenvalue weighted by molar-refractivity contribution is 7.10. The third-order valence-electron chi connectivity index (χ3n) is 2.70. The molecule has 1 aromatic rings. The maximum absolute atomic E-state index is 10.0. The summed E-state index contributed by atoms with van der Waals surface area (Å²) < 4.78 is 0. The summed E-state index contributed by atoms with van der Waals surface area (Å²) in [6, 6.07) is 2.30. The first-order valence-electron chi connectivity index (χ1n) is 4.74. The number of nitrogens with one attached hydrogen (secondary N) is 1. The van der Waals surface area contributed by atoms with Gasteiger partial charge in [-0.05, 0) is 43.3 Å². The summed E-state index contributed by atoms with van der Waals surface area (Å²) in [5.41, 5.74) is 1.10. The molecular weight excluding hydrogens is 182 g/mol. The molecule has 0 aliphatic carbocycles. The number of hydrogen-bond acceptors (Lipinski definition) is 3.